The molecule has 0 unspecified atom stereocenters. The van der Waals surface area contributed by atoms with Gasteiger partial charge in [0.2, 0.25) is 0 Å². The first-order valence-electron chi connectivity index (χ1n) is 13.5. The molecule has 41 heavy (non-hydrogen) atoms. The predicted molar refractivity (Wildman–Crippen MR) is 154 cm³/mol. The molecule has 2 heterocycles. The van der Waals surface area contributed by atoms with Crippen LogP contribution in [-0.2, 0) is 29.1 Å². The number of aliphatic hydroxyl groups excluding tert-OH is 1. The number of phenols is 2. The zero-order valence-electron chi connectivity index (χ0n) is 24.0. The molecule has 0 radical (unpaired) electrons. The van der Waals surface area contributed by atoms with Crippen LogP contribution in [0.3, 0.4) is 0 Å². The van der Waals surface area contributed by atoms with Crippen LogP contribution >= 0.6 is 0 Å². The molecule has 0 saturated carbocycles. The first-order valence-corrected chi connectivity index (χ1v) is 13.5. The lowest BCUT2D eigenvalue weighted by Crippen LogP contribution is -2.25. The Kier molecular flexibility index (Phi) is 6.76. The topological polar surface area (TPSA) is 116 Å². The second-order valence-electron chi connectivity index (χ2n) is 10.6. The van der Waals surface area contributed by atoms with Crippen molar-refractivity contribution in [1.29, 1.82) is 0 Å². The highest BCUT2D eigenvalue weighted by molar-refractivity contribution is 6.15. The first kappa shape index (κ1) is 27.3. The molecule has 4 aromatic carbocycles. The largest absolute Gasteiger partial charge is 0.507 e. The van der Waals surface area contributed by atoms with Crippen LogP contribution in [0.5, 0.6) is 34.5 Å². The Morgan fingerprint density at radius 1 is 0.683 bits per heavy atom. The van der Waals surface area contributed by atoms with Gasteiger partial charge in [-0.05, 0) is 49.1 Å². The fourth-order valence-electron chi connectivity index (χ4n) is 6.28. The average molecular weight is 563 g/mol. The average Bonchev–Trinajstić information content (AvgIpc) is 2.98. The molecule has 6 rings (SSSR count). The van der Waals surface area contributed by atoms with Gasteiger partial charge in [-0.25, -0.2) is 0 Å². The molecule has 2 aliphatic rings. The number of rotatable bonds is 5. The number of hydrogen-bond acceptors (Lipinski definition) is 9. The SMILES string of the molecule is COc1cc(OC)c2c(O)c3c(c(-c4c(OC)cc(OC)c5c(O)c6c(cc45)[C@@H](O)[C@H](C)OC6)c2c1)C[C@H](C)OC3. The van der Waals surface area contributed by atoms with Gasteiger partial charge in [-0.15, -0.1) is 0 Å². The van der Waals surface area contributed by atoms with Gasteiger partial charge < -0.3 is 43.7 Å². The zero-order chi connectivity index (χ0) is 29.2. The molecular formula is C32H34O9. The maximum Gasteiger partial charge on any atom is 0.134 e. The highest BCUT2D eigenvalue weighted by atomic mass is 16.5. The molecule has 2 aliphatic heterocycles. The second-order valence-corrected chi connectivity index (χ2v) is 10.6. The molecule has 4 aromatic rings. The maximum absolute atomic E-state index is 11.6. The standard InChI is InChI=1S/C32H34O9/c1-14-7-17-21(12-40-14)31(34)28-19(8-16(36-3)9-23(28)37-4)26(17)27-20-10-18-22(13-41-15(2)30(18)33)32(35)29(20)25(39-6)11-24(27)38-5/h8-11,14-15,30,33-35H,7,12-13H2,1-6H3/t14-,15-,30-/m0/s1. The van der Waals surface area contributed by atoms with Crippen LogP contribution in [0, 0.1) is 0 Å². The lowest BCUT2D eigenvalue weighted by molar-refractivity contribution is -0.0530. The van der Waals surface area contributed by atoms with Gasteiger partial charge in [-0.1, -0.05) is 0 Å². The Bertz CT molecular complexity index is 1690. The molecular weight excluding hydrogens is 528 g/mol. The summed E-state index contributed by atoms with van der Waals surface area (Å²) in [5.41, 5.74) is 4.11. The van der Waals surface area contributed by atoms with Crippen LogP contribution in [-0.4, -0.2) is 56.0 Å². The third-order valence-electron chi connectivity index (χ3n) is 8.40. The maximum atomic E-state index is 11.6. The molecule has 0 aliphatic carbocycles. The van der Waals surface area contributed by atoms with E-state index in [1.807, 2.05) is 19.1 Å². The van der Waals surface area contributed by atoms with Crippen molar-refractivity contribution in [3.8, 4) is 45.6 Å². The lowest BCUT2D eigenvalue weighted by atomic mass is 9.81. The summed E-state index contributed by atoms with van der Waals surface area (Å²) in [6.45, 7) is 4.15. The summed E-state index contributed by atoms with van der Waals surface area (Å²) in [5.74, 6) is 1.97. The number of aromatic hydroxyl groups is 2. The normalized spacial score (nSPS) is 20.0. The van der Waals surface area contributed by atoms with Crippen LogP contribution in [0.1, 0.15) is 42.2 Å². The molecule has 3 atom stereocenters. The number of phenolic OH excluding ortho intramolecular Hbond substituents is 2. The molecule has 0 aromatic heterocycles. The summed E-state index contributed by atoms with van der Waals surface area (Å²) >= 11 is 0. The van der Waals surface area contributed by atoms with Crippen LogP contribution < -0.4 is 18.9 Å². The molecule has 9 heteroatoms. The predicted octanol–water partition coefficient (Wildman–Crippen LogP) is 5.52. The molecule has 0 saturated heterocycles. The quantitative estimate of drug-likeness (QED) is 0.289. The molecule has 9 nitrogen and oxygen atoms in total. The number of benzene rings is 4. The Balaban J connectivity index is 1.86. The number of aliphatic hydroxyl groups is 1. The van der Waals surface area contributed by atoms with Gasteiger partial charge in [0.25, 0.3) is 0 Å². The number of methoxy groups -OCH3 is 4. The molecule has 3 N–H and O–H groups in total. The van der Waals surface area contributed by atoms with Crippen LogP contribution in [0.2, 0.25) is 0 Å². The van der Waals surface area contributed by atoms with Gasteiger partial charge in [-0.3, -0.25) is 0 Å². The Labute approximate surface area is 237 Å². The van der Waals surface area contributed by atoms with Crippen molar-refractivity contribution in [3.05, 3.63) is 46.5 Å². The van der Waals surface area contributed by atoms with E-state index in [0.717, 1.165) is 11.1 Å². The third kappa shape index (κ3) is 4.02. The molecule has 0 spiro atoms. The summed E-state index contributed by atoms with van der Waals surface area (Å²) in [5, 5.41) is 36.6. The van der Waals surface area contributed by atoms with E-state index in [-0.39, 0.29) is 30.8 Å². The minimum absolute atomic E-state index is 0.0204. The van der Waals surface area contributed by atoms with Crippen LogP contribution in [0.25, 0.3) is 32.7 Å². The van der Waals surface area contributed by atoms with Crippen molar-refractivity contribution < 1.29 is 43.7 Å². The van der Waals surface area contributed by atoms with E-state index < -0.39 is 12.2 Å². The van der Waals surface area contributed by atoms with Gasteiger partial charge in [-0.2, -0.15) is 0 Å². The van der Waals surface area contributed by atoms with E-state index in [2.05, 4.69) is 0 Å². The van der Waals surface area contributed by atoms with Crippen molar-refractivity contribution in [2.45, 2.75) is 51.8 Å². The van der Waals surface area contributed by atoms with E-state index in [0.29, 0.717) is 73.2 Å². The minimum Gasteiger partial charge on any atom is -0.507 e. The van der Waals surface area contributed by atoms with Gasteiger partial charge in [0.15, 0.2) is 0 Å². The molecule has 0 fully saturated rings. The monoisotopic (exact) mass is 562 g/mol. The minimum atomic E-state index is -0.946. The van der Waals surface area contributed by atoms with Crippen LogP contribution in [0.15, 0.2) is 24.3 Å². The van der Waals surface area contributed by atoms with Gasteiger partial charge in [0.1, 0.15) is 40.6 Å². The van der Waals surface area contributed by atoms with E-state index in [4.69, 9.17) is 28.4 Å². The van der Waals surface area contributed by atoms with Crippen molar-refractivity contribution in [1.82, 2.24) is 0 Å². The fourth-order valence-corrected chi connectivity index (χ4v) is 6.28. The molecule has 0 amide bonds. The zero-order valence-corrected chi connectivity index (χ0v) is 24.0. The fraction of sp³-hybridized carbons (Fsp3) is 0.375. The summed E-state index contributed by atoms with van der Waals surface area (Å²) in [6.07, 6.45) is -0.987. The van der Waals surface area contributed by atoms with Gasteiger partial charge in [0, 0.05) is 39.6 Å². The van der Waals surface area contributed by atoms with E-state index in [1.54, 1.807) is 40.4 Å². The van der Waals surface area contributed by atoms with Crippen molar-refractivity contribution >= 4 is 21.5 Å². The van der Waals surface area contributed by atoms with E-state index in [9.17, 15) is 15.3 Å². The first-order chi connectivity index (χ1) is 19.7. The summed E-state index contributed by atoms with van der Waals surface area (Å²) < 4.78 is 34.8. The summed E-state index contributed by atoms with van der Waals surface area (Å²) in [7, 11) is 6.23. The smallest absolute Gasteiger partial charge is 0.134 e. The molecule has 0 bridgehead atoms. The van der Waals surface area contributed by atoms with E-state index in [1.165, 1.54) is 7.11 Å². The van der Waals surface area contributed by atoms with Gasteiger partial charge >= 0.3 is 0 Å². The molecule has 216 valence electrons. The Hall–Kier alpha value is -3.92. The number of hydrogen-bond donors (Lipinski definition) is 3. The Morgan fingerprint density at radius 3 is 1.95 bits per heavy atom. The Morgan fingerprint density at radius 2 is 1.29 bits per heavy atom. The summed E-state index contributed by atoms with van der Waals surface area (Å²) in [4.78, 5) is 0. The van der Waals surface area contributed by atoms with E-state index >= 15 is 0 Å². The number of ether oxygens (including phenoxy) is 6. The van der Waals surface area contributed by atoms with Crippen LogP contribution in [0.4, 0.5) is 0 Å². The lowest BCUT2D eigenvalue weighted by Gasteiger charge is -2.31. The summed E-state index contributed by atoms with van der Waals surface area (Å²) in [6, 6.07) is 7.23. The second kappa shape index (κ2) is 10.2. The van der Waals surface area contributed by atoms with Gasteiger partial charge in [0.05, 0.1) is 64.6 Å². The van der Waals surface area contributed by atoms with Crippen molar-refractivity contribution in [2.75, 3.05) is 28.4 Å². The van der Waals surface area contributed by atoms with Crippen molar-refractivity contribution in [2.24, 2.45) is 0 Å². The van der Waals surface area contributed by atoms with Crippen molar-refractivity contribution in [3.63, 3.8) is 0 Å². The third-order valence-corrected chi connectivity index (χ3v) is 8.40. The highest BCUT2D eigenvalue weighted by Crippen LogP contribution is 2.55. The number of fused-ring (bicyclic) bond motifs is 4. The highest BCUT2D eigenvalue weighted by Gasteiger charge is 2.34.